The summed E-state index contributed by atoms with van der Waals surface area (Å²) in [7, 11) is 0. The van der Waals surface area contributed by atoms with Crippen LogP contribution in [0.3, 0.4) is 0 Å². The largest absolute Gasteiger partial charge is 0.398 e. The highest BCUT2D eigenvalue weighted by molar-refractivity contribution is 7.99. The van der Waals surface area contributed by atoms with Gasteiger partial charge in [-0.1, -0.05) is 11.6 Å². The molecule has 0 spiro atoms. The van der Waals surface area contributed by atoms with Crippen molar-refractivity contribution in [2.45, 2.75) is 12.5 Å². The number of nitrogens with one attached hydrogen (secondary N) is 1. The Morgan fingerprint density at radius 1 is 1.56 bits per heavy atom. The van der Waals surface area contributed by atoms with E-state index in [-0.39, 0.29) is 11.9 Å². The summed E-state index contributed by atoms with van der Waals surface area (Å²) in [6.45, 7) is 0. The van der Waals surface area contributed by atoms with Crippen molar-refractivity contribution in [1.29, 1.82) is 0 Å². The summed E-state index contributed by atoms with van der Waals surface area (Å²) in [6.07, 6.45) is 1.02. The topological polar surface area (TPSA) is 55.1 Å². The van der Waals surface area contributed by atoms with Gasteiger partial charge in [0.25, 0.3) is 5.91 Å². The number of rotatable bonds is 2. The van der Waals surface area contributed by atoms with Gasteiger partial charge in [-0.05, 0) is 30.4 Å². The van der Waals surface area contributed by atoms with Crippen LogP contribution in [-0.4, -0.2) is 23.5 Å². The van der Waals surface area contributed by atoms with Crippen LogP contribution in [0, 0.1) is 0 Å². The van der Waals surface area contributed by atoms with Crippen LogP contribution >= 0.6 is 23.4 Å². The summed E-state index contributed by atoms with van der Waals surface area (Å²) in [5.41, 5.74) is 6.67. The molecule has 3 nitrogen and oxygen atoms in total. The van der Waals surface area contributed by atoms with Crippen molar-refractivity contribution in [3.05, 3.63) is 28.8 Å². The van der Waals surface area contributed by atoms with Crippen molar-refractivity contribution in [3.63, 3.8) is 0 Å². The number of hydrogen-bond donors (Lipinski definition) is 2. The molecule has 86 valence electrons. The van der Waals surface area contributed by atoms with Gasteiger partial charge in [0.2, 0.25) is 0 Å². The molecule has 1 unspecified atom stereocenters. The van der Waals surface area contributed by atoms with Gasteiger partial charge in [0.05, 0.1) is 5.56 Å². The van der Waals surface area contributed by atoms with E-state index in [9.17, 15) is 4.79 Å². The fourth-order valence-electron chi connectivity index (χ4n) is 1.64. The molecule has 1 heterocycles. The Kier molecular flexibility index (Phi) is 3.61. The second-order valence-corrected chi connectivity index (χ2v) is 5.35. The van der Waals surface area contributed by atoms with Crippen molar-refractivity contribution in [2.75, 3.05) is 17.2 Å². The highest BCUT2D eigenvalue weighted by Crippen LogP contribution is 2.20. The minimum atomic E-state index is -0.132. The summed E-state index contributed by atoms with van der Waals surface area (Å²) >= 11 is 7.69. The highest BCUT2D eigenvalue weighted by Gasteiger charge is 2.19. The third-order valence-corrected chi connectivity index (χ3v) is 3.92. The van der Waals surface area contributed by atoms with E-state index in [0.29, 0.717) is 16.3 Å². The molecule has 16 heavy (non-hydrogen) atoms. The van der Waals surface area contributed by atoms with Crippen molar-refractivity contribution < 1.29 is 4.79 Å². The molecule has 1 saturated heterocycles. The second kappa shape index (κ2) is 4.97. The quantitative estimate of drug-likeness (QED) is 0.798. The highest BCUT2D eigenvalue weighted by atomic mass is 35.5. The molecule has 1 fully saturated rings. The van der Waals surface area contributed by atoms with Crippen LogP contribution in [0.15, 0.2) is 18.2 Å². The lowest BCUT2D eigenvalue weighted by atomic mass is 10.1. The molecule has 3 N–H and O–H groups in total. The number of benzene rings is 1. The molecule has 1 aliphatic heterocycles. The Morgan fingerprint density at radius 2 is 2.38 bits per heavy atom. The molecule has 0 aromatic heterocycles. The van der Waals surface area contributed by atoms with Crippen molar-refractivity contribution in [2.24, 2.45) is 0 Å². The van der Waals surface area contributed by atoms with Gasteiger partial charge < -0.3 is 11.1 Å². The number of thioether (sulfide) groups is 1. The summed E-state index contributed by atoms with van der Waals surface area (Å²) in [6, 6.07) is 5.20. The molecular weight excluding hydrogens is 244 g/mol. The average Bonchev–Trinajstić information content (AvgIpc) is 2.74. The van der Waals surface area contributed by atoms with Gasteiger partial charge in [-0.2, -0.15) is 11.8 Å². The lowest BCUT2D eigenvalue weighted by Crippen LogP contribution is -2.34. The van der Waals surface area contributed by atoms with E-state index in [1.54, 1.807) is 18.2 Å². The van der Waals surface area contributed by atoms with Gasteiger partial charge in [0.1, 0.15) is 0 Å². The minimum Gasteiger partial charge on any atom is -0.398 e. The van der Waals surface area contributed by atoms with Crippen LogP contribution in [0.2, 0.25) is 5.02 Å². The Morgan fingerprint density at radius 3 is 3.06 bits per heavy atom. The number of hydrogen-bond acceptors (Lipinski definition) is 3. The van der Waals surface area contributed by atoms with E-state index in [2.05, 4.69) is 5.32 Å². The fraction of sp³-hybridized carbons (Fsp3) is 0.364. The number of nitrogen functional groups attached to an aromatic ring is 1. The first-order valence-corrected chi connectivity index (χ1v) is 6.64. The first-order chi connectivity index (χ1) is 7.66. The lowest BCUT2D eigenvalue weighted by molar-refractivity contribution is 0.0942. The molecule has 2 rings (SSSR count). The van der Waals surface area contributed by atoms with Crippen LogP contribution in [0.25, 0.3) is 0 Å². The van der Waals surface area contributed by atoms with E-state index in [1.807, 2.05) is 11.8 Å². The third kappa shape index (κ3) is 2.62. The van der Waals surface area contributed by atoms with E-state index < -0.39 is 0 Å². The van der Waals surface area contributed by atoms with Crippen LogP contribution in [-0.2, 0) is 0 Å². The molecule has 0 aliphatic carbocycles. The van der Waals surface area contributed by atoms with Gasteiger partial charge in [-0.3, -0.25) is 4.79 Å². The maximum Gasteiger partial charge on any atom is 0.253 e. The second-order valence-electron chi connectivity index (χ2n) is 3.77. The monoisotopic (exact) mass is 256 g/mol. The number of carbonyl (C=O) groups excluding carboxylic acids is 1. The first-order valence-electron chi connectivity index (χ1n) is 5.10. The van der Waals surface area contributed by atoms with Crippen LogP contribution < -0.4 is 11.1 Å². The van der Waals surface area contributed by atoms with Gasteiger partial charge in [0.15, 0.2) is 0 Å². The van der Waals surface area contributed by atoms with Crippen LogP contribution in [0.5, 0.6) is 0 Å². The number of nitrogens with two attached hydrogens (primary N) is 1. The molecule has 1 aromatic carbocycles. The normalized spacial score (nSPS) is 19.7. The Hall–Kier alpha value is -0.870. The zero-order chi connectivity index (χ0) is 11.5. The summed E-state index contributed by atoms with van der Waals surface area (Å²) in [4.78, 5) is 11.9. The number of carbonyl (C=O) groups is 1. The number of halogens is 1. The standard InChI is InChI=1S/C11H13ClN2OS/c12-7-1-2-10(13)9(5-7)11(15)14-8-3-4-16-6-8/h1-2,5,8H,3-4,6,13H2,(H,14,15). The predicted molar refractivity (Wildman–Crippen MR) is 69.1 cm³/mol. The average molecular weight is 257 g/mol. The molecule has 0 bridgehead atoms. The predicted octanol–water partition coefficient (Wildman–Crippen LogP) is 2.16. The maximum atomic E-state index is 11.9. The molecule has 5 heteroatoms. The van der Waals surface area contributed by atoms with E-state index in [4.69, 9.17) is 17.3 Å². The van der Waals surface area contributed by atoms with Gasteiger partial charge in [-0.25, -0.2) is 0 Å². The van der Waals surface area contributed by atoms with Gasteiger partial charge >= 0.3 is 0 Å². The summed E-state index contributed by atoms with van der Waals surface area (Å²) in [5.74, 6) is 1.95. The lowest BCUT2D eigenvalue weighted by Gasteiger charge is -2.12. The molecule has 1 atom stereocenters. The number of anilines is 1. The third-order valence-electron chi connectivity index (χ3n) is 2.52. The molecule has 0 radical (unpaired) electrons. The zero-order valence-corrected chi connectivity index (χ0v) is 10.3. The Bertz CT molecular complexity index is 405. The maximum absolute atomic E-state index is 11.9. The van der Waals surface area contributed by atoms with Gasteiger partial charge in [-0.15, -0.1) is 0 Å². The molecular formula is C11H13ClN2OS. The van der Waals surface area contributed by atoms with Gasteiger partial charge in [0, 0.05) is 22.5 Å². The Labute approximate surface area is 104 Å². The Balaban J connectivity index is 2.10. The fourth-order valence-corrected chi connectivity index (χ4v) is 2.96. The smallest absolute Gasteiger partial charge is 0.253 e. The molecule has 0 saturated carbocycles. The summed E-state index contributed by atoms with van der Waals surface area (Å²) in [5, 5.41) is 3.49. The molecule has 1 aliphatic rings. The molecule has 1 amide bonds. The molecule has 1 aromatic rings. The SMILES string of the molecule is Nc1ccc(Cl)cc1C(=O)NC1CCSC1. The van der Waals surface area contributed by atoms with Crippen LogP contribution in [0.1, 0.15) is 16.8 Å². The minimum absolute atomic E-state index is 0.132. The van der Waals surface area contributed by atoms with E-state index >= 15 is 0 Å². The zero-order valence-electron chi connectivity index (χ0n) is 8.70. The van der Waals surface area contributed by atoms with Crippen molar-refractivity contribution in [3.8, 4) is 0 Å². The first kappa shape index (κ1) is 11.6. The van der Waals surface area contributed by atoms with Crippen molar-refractivity contribution in [1.82, 2.24) is 5.32 Å². The van der Waals surface area contributed by atoms with E-state index in [1.165, 1.54) is 0 Å². The summed E-state index contributed by atoms with van der Waals surface area (Å²) < 4.78 is 0. The van der Waals surface area contributed by atoms with Crippen LogP contribution in [0.4, 0.5) is 5.69 Å². The van der Waals surface area contributed by atoms with Crippen molar-refractivity contribution >= 4 is 35.0 Å². The number of amides is 1. The van der Waals surface area contributed by atoms with E-state index in [0.717, 1.165) is 17.9 Å².